The number of amides is 2. The number of carbonyl (C=O) groups is 1. The van der Waals surface area contributed by atoms with E-state index < -0.39 is 6.10 Å². The highest BCUT2D eigenvalue weighted by atomic mass is 35.5. The van der Waals surface area contributed by atoms with Crippen molar-refractivity contribution < 1.29 is 9.90 Å². The van der Waals surface area contributed by atoms with E-state index in [1.165, 1.54) is 4.90 Å². The first-order chi connectivity index (χ1) is 8.99. The van der Waals surface area contributed by atoms with Gasteiger partial charge >= 0.3 is 6.03 Å². The summed E-state index contributed by atoms with van der Waals surface area (Å²) < 4.78 is 0. The number of anilines is 1. The van der Waals surface area contributed by atoms with Gasteiger partial charge < -0.3 is 20.6 Å². The lowest BCUT2D eigenvalue weighted by Crippen LogP contribution is -2.46. The zero-order valence-corrected chi connectivity index (χ0v) is 11.7. The molecular weight excluding hydrogens is 266 g/mol. The quantitative estimate of drug-likeness (QED) is 0.770. The van der Waals surface area contributed by atoms with Crippen LogP contribution in [0.15, 0.2) is 18.2 Å². The van der Waals surface area contributed by atoms with Crippen LogP contribution in [0.2, 0.25) is 5.02 Å². The zero-order chi connectivity index (χ0) is 14.0. The van der Waals surface area contributed by atoms with Crippen LogP contribution in [0.4, 0.5) is 10.5 Å². The Morgan fingerprint density at radius 1 is 1.53 bits per heavy atom. The van der Waals surface area contributed by atoms with Gasteiger partial charge in [0.1, 0.15) is 0 Å². The third-order valence-electron chi connectivity index (χ3n) is 3.39. The third kappa shape index (κ3) is 3.18. The normalized spacial score (nSPS) is 22.3. The fourth-order valence-corrected chi connectivity index (χ4v) is 2.26. The summed E-state index contributed by atoms with van der Waals surface area (Å²) in [5.74, 6) is 0. The Hall–Kier alpha value is -1.30. The second kappa shape index (κ2) is 5.77. The van der Waals surface area contributed by atoms with E-state index in [1.54, 1.807) is 19.2 Å². The lowest BCUT2D eigenvalue weighted by atomic mass is 10.2. The number of benzene rings is 1. The summed E-state index contributed by atoms with van der Waals surface area (Å²) in [5, 5.41) is 16.2. The number of halogens is 1. The van der Waals surface area contributed by atoms with E-state index in [1.807, 2.05) is 13.0 Å². The van der Waals surface area contributed by atoms with Gasteiger partial charge in [-0.1, -0.05) is 17.7 Å². The van der Waals surface area contributed by atoms with Gasteiger partial charge in [0.05, 0.1) is 12.1 Å². The number of urea groups is 1. The van der Waals surface area contributed by atoms with Crippen LogP contribution in [0, 0.1) is 6.92 Å². The van der Waals surface area contributed by atoms with Crippen molar-refractivity contribution in [3.8, 4) is 0 Å². The molecule has 6 heteroatoms. The van der Waals surface area contributed by atoms with E-state index in [0.717, 1.165) is 5.56 Å². The number of hydrogen-bond donors (Lipinski definition) is 3. The van der Waals surface area contributed by atoms with Crippen molar-refractivity contribution in [3.05, 3.63) is 28.8 Å². The summed E-state index contributed by atoms with van der Waals surface area (Å²) in [7, 11) is 1.67. The highest BCUT2D eigenvalue weighted by Gasteiger charge is 2.31. The molecule has 2 rings (SSSR count). The molecule has 19 heavy (non-hydrogen) atoms. The second-order valence-electron chi connectivity index (χ2n) is 4.80. The number of β-amino-alcohol motifs (C(OH)–C–C–N with tert-alkyl or cyclic N) is 1. The van der Waals surface area contributed by atoms with Crippen LogP contribution in [0.25, 0.3) is 0 Å². The molecule has 1 aromatic carbocycles. The summed E-state index contributed by atoms with van der Waals surface area (Å²) in [6, 6.07) is 4.90. The predicted molar refractivity (Wildman–Crippen MR) is 75.6 cm³/mol. The largest absolute Gasteiger partial charge is 0.390 e. The summed E-state index contributed by atoms with van der Waals surface area (Å²) in [4.78, 5) is 13.6. The summed E-state index contributed by atoms with van der Waals surface area (Å²) in [6.45, 7) is 3.01. The van der Waals surface area contributed by atoms with Crippen molar-refractivity contribution in [2.45, 2.75) is 19.1 Å². The highest BCUT2D eigenvalue weighted by molar-refractivity contribution is 6.31. The molecule has 3 N–H and O–H groups in total. The molecule has 1 aliphatic heterocycles. The third-order valence-corrected chi connectivity index (χ3v) is 3.80. The average Bonchev–Trinajstić information content (AvgIpc) is 2.79. The summed E-state index contributed by atoms with van der Waals surface area (Å²) >= 11 is 6.01. The van der Waals surface area contributed by atoms with Crippen LogP contribution in [-0.4, -0.2) is 48.3 Å². The number of aliphatic hydroxyl groups excluding tert-OH is 1. The maximum Gasteiger partial charge on any atom is 0.321 e. The Bertz CT molecular complexity index is 481. The Labute approximate surface area is 117 Å². The van der Waals surface area contributed by atoms with Gasteiger partial charge in [-0.2, -0.15) is 0 Å². The first-order valence-electron chi connectivity index (χ1n) is 6.18. The molecule has 0 radical (unpaired) electrons. The monoisotopic (exact) mass is 283 g/mol. The van der Waals surface area contributed by atoms with Gasteiger partial charge in [0.15, 0.2) is 0 Å². The first kappa shape index (κ1) is 14.1. The Morgan fingerprint density at radius 2 is 2.26 bits per heavy atom. The molecular formula is C13H18ClN3O2. The Balaban J connectivity index is 2.02. The van der Waals surface area contributed by atoms with Crippen LogP contribution in [0.3, 0.4) is 0 Å². The summed E-state index contributed by atoms with van der Waals surface area (Å²) in [5.41, 5.74) is 1.61. The fourth-order valence-electron chi connectivity index (χ4n) is 2.08. The van der Waals surface area contributed by atoms with Crippen LogP contribution in [-0.2, 0) is 0 Å². The SMILES string of the molecule is Cc1ccc(NC(=O)N(C)[C@H]2CNC[C@@H]2O)cc1Cl. The molecule has 0 aliphatic carbocycles. The van der Waals surface area contributed by atoms with Crippen LogP contribution in [0.1, 0.15) is 5.56 Å². The molecule has 1 aliphatic rings. The minimum absolute atomic E-state index is 0.207. The van der Waals surface area contributed by atoms with Crippen molar-refractivity contribution in [3.63, 3.8) is 0 Å². The molecule has 104 valence electrons. The van der Waals surface area contributed by atoms with Crippen molar-refractivity contribution in [2.75, 3.05) is 25.5 Å². The Morgan fingerprint density at radius 3 is 2.84 bits per heavy atom. The van der Waals surface area contributed by atoms with Gasteiger partial charge in [-0.15, -0.1) is 0 Å². The standard InChI is InChI=1S/C13H18ClN3O2/c1-8-3-4-9(5-10(8)14)16-13(19)17(2)11-6-15-7-12(11)18/h3-5,11-12,15,18H,6-7H2,1-2H3,(H,16,19)/t11-,12-/m0/s1. The van der Waals surface area contributed by atoms with Crippen molar-refractivity contribution in [1.82, 2.24) is 10.2 Å². The molecule has 1 saturated heterocycles. The number of carbonyl (C=O) groups excluding carboxylic acids is 1. The number of nitrogens with zero attached hydrogens (tertiary/aromatic N) is 1. The maximum absolute atomic E-state index is 12.1. The van der Waals surface area contributed by atoms with Crippen LogP contribution < -0.4 is 10.6 Å². The van der Waals surface area contributed by atoms with Gasteiger partial charge in [0, 0.05) is 30.8 Å². The smallest absolute Gasteiger partial charge is 0.321 e. The lowest BCUT2D eigenvalue weighted by molar-refractivity contribution is 0.115. The van der Waals surface area contributed by atoms with Crippen molar-refractivity contribution in [1.29, 1.82) is 0 Å². The van der Waals surface area contributed by atoms with E-state index in [0.29, 0.717) is 23.8 Å². The van der Waals surface area contributed by atoms with E-state index in [9.17, 15) is 9.90 Å². The average molecular weight is 284 g/mol. The highest BCUT2D eigenvalue weighted by Crippen LogP contribution is 2.20. The van der Waals surface area contributed by atoms with E-state index in [2.05, 4.69) is 10.6 Å². The Kier molecular flexibility index (Phi) is 4.29. The number of nitrogens with one attached hydrogen (secondary N) is 2. The molecule has 0 spiro atoms. The fraction of sp³-hybridized carbons (Fsp3) is 0.462. The molecule has 1 fully saturated rings. The van der Waals surface area contributed by atoms with E-state index in [4.69, 9.17) is 11.6 Å². The van der Waals surface area contributed by atoms with Crippen molar-refractivity contribution >= 4 is 23.3 Å². The number of hydrogen-bond acceptors (Lipinski definition) is 3. The van der Waals surface area contributed by atoms with Crippen molar-refractivity contribution in [2.24, 2.45) is 0 Å². The molecule has 0 bridgehead atoms. The zero-order valence-electron chi connectivity index (χ0n) is 11.0. The second-order valence-corrected chi connectivity index (χ2v) is 5.21. The van der Waals surface area contributed by atoms with Gasteiger partial charge in [-0.25, -0.2) is 4.79 Å². The molecule has 0 saturated carbocycles. The number of likely N-dealkylation sites (N-methyl/N-ethyl adjacent to an activating group) is 1. The van der Waals surface area contributed by atoms with Crippen LogP contribution >= 0.6 is 11.6 Å². The molecule has 2 atom stereocenters. The van der Waals surface area contributed by atoms with Gasteiger partial charge in [-0.05, 0) is 24.6 Å². The molecule has 1 aromatic rings. The summed E-state index contributed by atoms with van der Waals surface area (Å²) in [6.07, 6.45) is -0.530. The lowest BCUT2D eigenvalue weighted by Gasteiger charge is -2.26. The topological polar surface area (TPSA) is 64.6 Å². The van der Waals surface area contributed by atoms with E-state index in [-0.39, 0.29) is 12.1 Å². The molecule has 0 aromatic heterocycles. The minimum Gasteiger partial charge on any atom is -0.390 e. The number of rotatable bonds is 2. The molecule has 2 amide bonds. The molecule has 0 unspecified atom stereocenters. The number of aliphatic hydroxyl groups is 1. The first-order valence-corrected chi connectivity index (χ1v) is 6.55. The van der Waals surface area contributed by atoms with E-state index >= 15 is 0 Å². The maximum atomic E-state index is 12.1. The van der Waals surface area contributed by atoms with Gasteiger partial charge in [0.2, 0.25) is 0 Å². The minimum atomic E-state index is -0.530. The molecule has 1 heterocycles. The molecule has 5 nitrogen and oxygen atoms in total. The number of aryl methyl sites for hydroxylation is 1. The predicted octanol–water partition coefficient (Wildman–Crippen LogP) is 1.44. The van der Waals surface area contributed by atoms with Crippen LogP contribution in [0.5, 0.6) is 0 Å². The van der Waals surface area contributed by atoms with Gasteiger partial charge in [-0.3, -0.25) is 0 Å². The van der Waals surface area contributed by atoms with Gasteiger partial charge in [0.25, 0.3) is 0 Å².